The molecule has 0 aromatic heterocycles. The van der Waals surface area contributed by atoms with Crippen LogP contribution in [0.1, 0.15) is 35.2 Å². The van der Waals surface area contributed by atoms with Crippen LogP contribution in [0.5, 0.6) is 5.75 Å². The lowest BCUT2D eigenvalue weighted by molar-refractivity contribution is -0.146. The first kappa shape index (κ1) is 22.4. The van der Waals surface area contributed by atoms with E-state index < -0.39 is 46.9 Å². The van der Waals surface area contributed by atoms with E-state index in [1.165, 1.54) is 7.11 Å². The van der Waals surface area contributed by atoms with Crippen molar-refractivity contribution in [1.29, 1.82) is 0 Å². The molecule has 2 aromatic carbocycles. The number of amides is 1. The second-order valence-electron chi connectivity index (χ2n) is 7.09. The van der Waals surface area contributed by atoms with Gasteiger partial charge < -0.3 is 14.8 Å². The third kappa shape index (κ3) is 4.90. The maximum absolute atomic E-state index is 13.9. The van der Waals surface area contributed by atoms with Gasteiger partial charge in [-0.2, -0.15) is 0 Å². The van der Waals surface area contributed by atoms with Crippen molar-refractivity contribution in [2.45, 2.75) is 25.3 Å². The molecular weight excluding hydrogens is 411 g/mol. The summed E-state index contributed by atoms with van der Waals surface area (Å²) in [4.78, 5) is 25.1. The summed E-state index contributed by atoms with van der Waals surface area (Å²) in [5.41, 5.74) is 0.108. The second kappa shape index (κ2) is 9.68. The van der Waals surface area contributed by atoms with E-state index in [4.69, 9.17) is 9.47 Å². The molecule has 1 aliphatic carbocycles. The molecule has 1 aliphatic rings. The molecule has 0 spiro atoms. The summed E-state index contributed by atoms with van der Waals surface area (Å²) in [6.45, 7) is 1.93. The van der Waals surface area contributed by atoms with Crippen molar-refractivity contribution in [2.75, 3.05) is 13.7 Å². The van der Waals surface area contributed by atoms with Crippen LogP contribution in [-0.2, 0) is 9.53 Å². The number of methoxy groups -OCH3 is 1. The van der Waals surface area contributed by atoms with Crippen molar-refractivity contribution in [2.24, 2.45) is 5.92 Å². The quantitative estimate of drug-likeness (QED) is 0.405. The Hall–Kier alpha value is -3.29. The molecule has 0 unspecified atom stereocenters. The molecule has 0 fully saturated rings. The van der Waals surface area contributed by atoms with Gasteiger partial charge in [0.1, 0.15) is 5.75 Å². The Kier molecular flexibility index (Phi) is 6.99. The van der Waals surface area contributed by atoms with E-state index in [9.17, 15) is 22.8 Å². The lowest BCUT2D eigenvalue weighted by Gasteiger charge is -2.23. The molecule has 0 saturated heterocycles. The third-order valence-electron chi connectivity index (χ3n) is 5.13. The number of carbonyl (C=O) groups excluding carboxylic acids is 2. The van der Waals surface area contributed by atoms with Crippen LogP contribution in [0, 0.1) is 23.4 Å². The average Bonchev–Trinajstić information content (AvgIpc) is 3.20. The van der Waals surface area contributed by atoms with Crippen LogP contribution in [-0.4, -0.2) is 31.6 Å². The monoisotopic (exact) mass is 433 g/mol. The van der Waals surface area contributed by atoms with Gasteiger partial charge in [0.15, 0.2) is 17.5 Å². The fraction of sp³-hybridized carbons (Fsp3) is 0.304. The van der Waals surface area contributed by atoms with Crippen molar-refractivity contribution in [3.63, 3.8) is 0 Å². The molecule has 2 aromatic rings. The molecule has 0 saturated carbocycles. The fourth-order valence-electron chi connectivity index (χ4n) is 3.65. The number of hydrogen-bond acceptors (Lipinski definition) is 4. The highest BCUT2D eigenvalue weighted by Crippen LogP contribution is 2.35. The van der Waals surface area contributed by atoms with E-state index in [2.05, 4.69) is 5.32 Å². The molecule has 0 aliphatic heterocycles. The van der Waals surface area contributed by atoms with Gasteiger partial charge in [0.2, 0.25) is 0 Å². The first-order chi connectivity index (χ1) is 14.8. The SMILES string of the molecule is CCOC(=O)[C@H](c1cccc(OC)c1)[C@H]1C=C[C@@H](NC(=O)c2ccc(F)c(F)c2F)C1. The number of carbonyl (C=O) groups is 2. The zero-order chi connectivity index (χ0) is 22.5. The summed E-state index contributed by atoms with van der Waals surface area (Å²) in [7, 11) is 1.52. The van der Waals surface area contributed by atoms with Gasteiger partial charge in [-0.05, 0) is 49.1 Å². The van der Waals surface area contributed by atoms with Crippen molar-refractivity contribution in [3.8, 4) is 5.75 Å². The van der Waals surface area contributed by atoms with Crippen molar-refractivity contribution >= 4 is 11.9 Å². The standard InChI is InChI=1S/C23H22F3NO4/c1-3-31-23(29)19(13-5-4-6-16(12-13)30-2)14-7-8-15(11-14)27-22(28)17-9-10-18(24)21(26)20(17)25/h4-10,12,14-15,19H,3,11H2,1-2H3,(H,27,28)/t14-,15+,19+/m0/s1. The van der Waals surface area contributed by atoms with Crippen LogP contribution in [0.25, 0.3) is 0 Å². The number of hydrogen-bond donors (Lipinski definition) is 1. The maximum atomic E-state index is 13.9. The molecule has 0 radical (unpaired) electrons. The molecular formula is C23H22F3NO4. The minimum Gasteiger partial charge on any atom is -0.497 e. The van der Waals surface area contributed by atoms with Crippen LogP contribution >= 0.6 is 0 Å². The Morgan fingerprint density at radius 2 is 1.90 bits per heavy atom. The van der Waals surface area contributed by atoms with Crippen LogP contribution < -0.4 is 10.1 Å². The summed E-state index contributed by atoms with van der Waals surface area (Å²) in [6.07, 6.45) is 3.82. The first-order valence-electron chi connectivity index (χ1n) is 9.79. The molecule has 3 atom stereocenters. The van der Waals surface area contributed by atoms with Gasteiger partial charge in [-0.1, -0.05) is 24.3 Å². The van der Waals surface area contributed by atoms with Crippen molar-refractivity contribution in [1.82, 2.24) is 5.32 Å². The minimum atomic E-state index is -1.70. The lowest BCUT2D eigenvalue weighted by atomic mass is 9.85. The van der Waals surface area contributed by atoms with E-state index in [1.54, 1.807) is 43.3 Å². The second-order valence-corrected chi connectivity index (χ2v) is 7.09. The zero-order valence-electron chi connectivity index (χ0n) is 17.0. The Labute approximate surface area is 177 Å². The molecule has 1 N–H and O–H groups in total. The first-order valence-corrected chi connectivity index (χ1v) is 9.79. The Morgan fingerprint density at radius 1 is 1.13 bits per heavy atom. The van der Waals surface area contributed by atoms with Gasteiger partial charge >= 0.3 is 5.97 Å². The summed E-state index contributed by atoms with van der Waals surface area (Å²) in [6, 6.07) is 8.13. The number of nitrogens with one attached hydrogen (secondary N) is 1. The smallest absolute Gasteiger partial charge is 0.314 e. The van der Waals surface area contributed by atoms with E-state index in [-0.39, 0.29) is 12.5 Å². The number of ether oxygens (including phenoxy) is 2. The van der Waals surface area contributed by atoms with E-state index in [1.807, 2.05) is 0 Å². The third-order valence-corrected chi connectivity index (χ3v) is 5.13. The summed E-state index contributed by atoms with van der Waals surface area (Å²) in [5.74, 6) is -6.24. The van der Waals surface area contributed by atoms with E-state index in [0.29, 0.717) is 23.8 Å². The average molecular weight is 433 g/mol. The van der Waals surface area contributed by atoms with Crippen LogP contribution in [0.3, 0.4) is 0 Å². The molecule has 3 rings (SSSR count). The normalized spacial score (nSPS) is 18.5. The Balaban J connectivity index is 1.76. The summed E-state index contributed by atoms with van der Waals surface area (Å²) >= 11 is 0. The largest absolute Gasteiger partial charge is 0.497 e. The molecule has 1 amide bonds. The predicted octanol–water partition coefficient (Wildman–Crippen LogP) is 4.13. The summed E-state index contributed by atoms with van der Waals surface area (Å²) in [5, 5.41) is 2.58. The van der Waals surface area contributed by atoms with Crippen molar-refractivity contribution in [3.05, 3.63) is 77.1 Å². The number of esters is 1. The fourth-order valence-corrected chi connectivity index (χ4v) is 3.65. The molecule has 0 heterocycles. The van der Waals surface area contributed by atoms with Crippen LogP contribution in [0.15, 0.2) is 48.6 Å². The number of halogens is 3. The highest BCUT2D eigenvalue weighted by molar-refractivity contribution is 5.94. The van der Waals surface area contributed by atoms with Crippen LogP contribution in [0.4, 0.5) is 13.2 Å². The van der Waals surface area contributed by atoms with Gasteiger partial charge in [-0.3, -0.25) is 9.59 Å². The van der Waals surface area contributed by atoms with Gasteiger partial charge in [0.05, 0.1) is 25.2 Å². The van der Waals surface area contributed by atoms with E-state index >= 15 is 0 Å². The highest BCUT2D eigenvalue weighted by Gasteiger charge is 2.35. The molecule has 164 valence electrons. The minimum absolute atomic E-state index is 0.214. The van der Waals surface area contributed by atoms with Crippen molar-refractivity contribution < 1.29 is 32.2 Å². The zero-order valence-corrected chi connectivity index (χ0v) is 17.0. The lowest BCUT2D eigenvalue weighted by Crippen LogP contribution is -2.34. The molecule has 31 heavy (non-hydrogen) atoms. The Morgan fingerprint density at radius 3 is 2.61 bits per heavy atom. The predicted molar refractivity (Wildman–Crippen MR) is 107 cm³/mol. The number of allylic oxidation sites excluding steroid dienone is 1. The van der Waals surface area contributed by atoms with Gasteiger partial charge in [0, 0.05) is 6.04 Å². The molecule has 5 nitrogen and oxygen atoms in total. The van der Waals surface area contributed by atoms with E-state index in [0.717, 1.165) is 6.07 Å². The van der Waals surface area contributed by atoms with Gasteiger partial charge in [0.25, 0.3) is 5.91 Å². The van der Waals surface area contributed by atoms with Gasteiger partial charge in [-0.15, -0.1) is 0 Å². The molecule has 0 bridgehead atoms. The maximum Gasteiger partial charge on any atom is 0.314 e. The van der Waals surface area contributed by atoms with Gasteiger partial charge in [-0.25, -0.2) is 13.2 Å². The topological polar surface area (TPSA) is 64.6 Å². The molecule has 8 heteroatoms. The number of benzene rings is 2. The van der Waals surface area contributed by atoms with Crippen LogP contribution in [0.2, 0.25) is 0 Å². The Bertz CT molecular complexity index is 1010. The highest BCUT2D eigenvalue weighted by atomic mass is 19.2. The number of rotatable bonds is 7. The summed E-state index contributed by atoms with van der Waals surface area (Å²) < 4.78 is 50.9.